The van der Waals surface area contributed by atoms with Gasteiger partial charge in [0.1, 0.15) is 0 Å². The second-order valence-corrected chi connectivity index (χ2v) is 14.2. The van der Waals surface area contributed by atoms with E-state index in [4.69, 9.17) is 15.2 Å². The van der Waals surface area contributed by atoms with Crippen molar-refractivity contribution in [1.82, 2.24) is 10.3 Å². The first-order valence-electron chi connectivity index (χ1n) is 18.1. The van der Waals surface area contributed by atoms with Gasteiger partial charge in [-0.05, 0) is 71.0 Å². The molecule has 274 valence electrons. The van der Waals surface area contributed by atoms with Crippen LogP contribution in [0.5, 0.6) is 0 Å². The Morgan fingerprint density at radius 1 is 0.774 bits per heavy atom. The van der Waals surface area contributed by atoms with Crippen LogP contribution in [0, 0.1) is 0 Å². The first-order chi connectivity index (χ1) is 25.9. The number of pyridine rings is 1. The van der Waals surface area contributed by atoms with E-state index in [0.717, 1.165) is 50.6 Å². The van der Waals surface area contributed by atoms with Crippen LogP contribution in [0.4, 0.5) is 11.4 Å². The highest BCUT2D eigenvalue weighted by atomic mass is 32.2. The lowest BCUT2D eigenvalue weighted by atomic mass is 9.99. The van der Waals surface area contributed by atoms with Crippen LogP contribution < -0.4 is 16.4 Å². The van der Waals surface area contributed by atoms with Crippen molar-refractivity contribution < 1.29 is 24.2 Å². The molecule has 5 N–H and O–H groups in total. The van der Waals surface area contributed by atoms with Gasteiger partial charge in [-0.2, -0.15) is 0 Å². The number of aliphatic hydroxyl groups excluding tert-OH is 1. The van der Waals surface area contributed by atoms with Gasteiger partial charge in [0.2, 0.25) is 11.8 Å². The topological polar surface area (TPSA) is 136 Å². The minimum atomic E-state index is -0.540. The number of nitrogens with two attached hydrogens (primary N) is 1. The minimum Gasteiger partial charge on any atom is -0.397 e. The summed E-state index contributed by atoms with van der Waals surface area (Å²) in [6.45, 7) is 0.440. The number of carbonyl (C=O) groups is 2. The predicted octanol–water partition coefficient (Wildman–Crippen LogP) is 8.37. The molecule has 0 saturated carbocycles. The highest BCUT2D eigenvalue weighted by Crippen LogP contribution is 2.39. The molecule has 0 radical (unpaired) electrons. The second kappa shape index (κ2) is 19.2. The molecule has 6 rings (SSSR count). The van der Waals surface area contributed by atoms with E-state index in [9.17, 15) is 14.7 Å². The van der Waals surface area contributed by atoms with Crippen molar-refractivity contribution in [2.45, 2.75) is 75.2 Å². The molecule has 3 unspecified atom stereocenters. The van der Waals surface area contributed by atoms with Crippen LogP contribution in [0.1, 0.15) is 73.2 Å². The van der Waals surface area contributed by atoms with Crippen LogP contribution in [-0.4, -0.2) is 33.8 Å². The Bertz CT molecular complexity index is 1920. The zero-order valence-corrected chi connectivity index (χ0v) is 30.5. The number of aliphatic hydroxyl groups is 1. The van der Waals surface area contributed by atoms with Crippen molar-refractivity contribution in [3.05, 3.63) is 144 Å². The number of anilines is 2. The molecule has 0 aliphatic carbocycles. The van der Waals surface area contributed by atoms with Crippen molar-refractivity contribution in [3.63, 3.8) is 0 Å². The van der Waals surface area contributed by atoms with Crippen LogP contribution in [0.3, 0.4) is 0 Å². The number of amides is 2. The van der Waals surface area contributed by atoms with Crippen molar-refractivity contribution in [2.24, 2.45) is 0 Å². The smallest absolute Gasteiger partial charge is 0.224 e. The molecule has 4 aromatic carbocycles. The number of nitrogens with zero attached hydrogens (tertiary/aromatic N) is 1. The van der Waals surface area contributed by atoms with Crippen LogP contribution in [0.2, 0.25) is 0 Å². The molecule has 2 heterocycles. The first kappa shape index (κ1) is 37.7. The maximum Gasteiger partial charge on any atom is 0.224 e. The van der Waals surface area contributed by atoms with Crippen molar-refractivity contribution in [2.75, 3.05) is 16.8 Å². The molecule has 1 aromatic heterocycles. The third kappa shape index (κ3) is 11.2. The number of thioether (sulfide) groups is 1. The Balaban J connectivity index is 0.996. The first-order valence-corrected chi connectivity index (χ1v) is 19.1. The van der Waals surface area contributed by atoms with Crippen LogP contribution >= 0.6 is 11.8 Å². The van der Waals surface area contributed by atoms with Gasteiger partial charge in [-0.3, -0.25) is 9.59 Å². The van der Waals surface area contributed by atoms with Crippen LogP contribution in [-0.2, 0) is 32.2 Å². The Hall–Kier alpha value is -5.00. The van der Waals surface area contributed by atoms with E-state index < -0.39 is 6.29 Å². The van der Waals surface area contributed by atoms with E-state index >= 15 is 0 Å². The largest absolute Gasteiger partial charge is 0.397 e. The van der Waals surface area contributed by atoms with Crippen molar-refractivity contribution in [3.8, 4) is 11.1 Å². The SMILES string of the molecule is Nc1ccccc1NC(=O)CCCCCC(=O)NCc1cccc(-c2ccc(C3OC(CSc4ccccn4)CC(c4ccc(CO)cc4)O3)cc2)c1. The summed E-state index contributed by atoms with van der Waals surface area (Å²) < 4.78 is 13.1. The third-order valence-electron chi connectivity index (χ3n) is 9.15. The highest BCUT2D eigenvalue weighted by Gasteiger charge is 2.32. The van der Waals surface area contributed by atoms with Gasteiger partial charge < -0.3 is 30.9 Å². The number of nitrogen functional groups attached to an aromatic ring is 1. The van der Waals surface area contributed by atoms with Gasteiger partial charge in [0, 0.05) is 43.3 Å². The summed E-state index contributed by atoms with van der Waals surface area (Å²) in [7, 11) is 0. The maximum absolute atomic E-state index is 12.6. The van der Waals surface area contributed by atoms with Gasteiger partial charge in [0.25, 0.3) is 0 Å². The number of hydrogen-bond acceptors (Lipinski definition) is 8. The number of aromatic nitrogens is 1. The Morgan fingerprint density at radius 2 is 1.53 bits per heavy atom. The van der Waals surface area contributed by atoms with E-state index in [2.05, 4.69) is 52.0 Å². The van der Waals surface area contributed by atoms with E-state index in [1.54, 1.807) is 30.1 Å². The summed E-state index contributed by atoms with van der Waals surface area (Å²) in [5, 5.41) is 16.4. The molecular weight excluding hydrogens is 685 g/mol. The lowest BCUT2D eigenvalue weighted by Crippen LogP contribution is -2.31. The van der Waals surface area contributed by atoms with Gasteiger partial charge in [0.15, 0.2) is 6.29 Å². The summed E-state index contributed by atoms with van der Waals surface area (Å²) in [4.78, 5) is 29.3. The minimum absolute atomic E-state index is 0.00171. The number of unbranched alkanes of at least 4 members (excludes halogenated alkanes) is 2. The average molecular weight is 731 g/mol. The highest BCUT2D eigenvalue weighted by molar-refractivity contribution is 7.99. The number of carbonyl (C=O) groups excluding carboxylic acids is 2. The summed E-state index contributed by atoms with van der Waals surface area (Å²) in [5.41, 5.74) is 13.0. The van der Waals surface area contributed by atoms with Gasteiger partial charge in [0.05, 0.1) is 35.2 Å². The summed E-state index contributed by atoms with van der Waals surface area (Å²) in [6, 6.07) is 37.4. The number of ether oxygens (including phenoxy) is 2. The normalized spacial score (nSPS) is 16.9. The van der Waals surface area contributed by atoms with Crippen LogP contribution in [0.25, 0.3) is 11.1 Å². The Kier molecular flexibility index (Phi) is 13.7. The Labute approximate surface area is 315 Å². The van der Waals surface area contributed by atoms with Crippen LogP contribution in [0.15, 0.2) is 126 Å². The fourth-order valence-corrected chi connectivity index (χ4v) is 7.07. The summed E-state index contributed by atoms with van der Waals surface area (Å²) >= 11 is 1.67. The van der Waals surface area contributed by atoms with E-state index in [1.165, 1.54) is 0 Å². The third-order valence-corrected chi connectivity index (χ3v) is 10.2. The van der Waals surface area contributed by atoms with E-state index in [1.807, 2.05) is 66.7 Å². The van der Waals surface area contributed by atoms with Gasteiger partial charge in [-0.1, -0.05) is 91.3 Å². The lowest BCUT2D eigenvalue weighted by Gasteiger charge is -2.36. The molecule has 0 bridgehead atoms. The van der Waals surface area contributed by atoms with Crippen molar-refractivity contribution in [1.29, 1.82) is 0 Å². The maximum atomic E-state index is 12.6. The molecule has 1 fully saturated rings. The molecule has 5 aromatic rings. The molecule has 2 amide bonds. The summed E-state index contributed by atoms with van der Waals surface area (Å²) in [5.74, 6) is 0.661. The number of benzene rings is 4. The van der Waals surface area contributed by atoms with Gasteiger partial charge in [-0.15, -0.1) is 11.8 Å². The number of para-hydroxylation sites is 2. The molecule has 53 heavy (non-hydrogen) atoms. The van der Waals surface area contributed by atoms with E-state index in [-0.39, 0.29) is 30.6 Å². The second-order valence-electron chi connectivity index (χ2n) is 13.1. The quantitative estimate of drug-likeness (QED) is 0.0452. The number of nitrogens with one attached hydrogen (secondary N) is 2. The number of rotatable bonds is 16. The average Bonchev–Trinajstić information content (AvgIpc) is 3.20. The zero-order valence-electron chi connectivity index (χ0n) is 29.7. The molecule has 3 atom stereocenters. The fraction of sp³-hybridized carbons (Fsp3) is 0.279. The molecule has 10 heteroatoms. The van der Waals surface area contributed by atoms with Crippen molar-refractivity contribution >= 4 is 35.0 Å². The molecule has 9 nitrogen and oxygen atoms in total. The molecule has 0 spiro atoms. The molecule has 1 aliphatic rings. The monoisotopic (exact) mass is 730 g/mol. The molecular formula is C43H46N4O5S. The predicted molar refractivity (Wildman–Crippen MR) is 210 cm³/mol. The molecule has 1 saturated heterocycles. The number of hydrogen-bond donors (Lipinski definition) is 4. The van der Waals surface area contributed by atoms with Gasteiger partial charge in [-0.25, -0.2) is 4.98 Å². The van der Waals surface area contributed by atoms with E-state index in [0.29, 0.717) is 50.0 Å². The van der Waals surface area contributed by atoms with Gasteiger partial charge >= 0.3 is 0 Å². The molecule has 1 aliphatic heterocycles. The summed E-state index contributed by atoms with van der Waals surface area (Å²) in [6.07, 6.45) is 4.77. The zero-order chi connectivity index (χ0) is 36.8. The fourth-order valence-electron chi connectivity index (χ4n) is 6.19. The lowest BCUT2D eigenvalue weighted by molar-refractivity contribution is -0.245. The standard InChI is InChI=1S/C43H46N4O5S/c44-37-11-4-5-12-38(37)47-41(50)14-3-1-2-13-40(49)46-27-31-9-8-10-35(25-31)32-20-22-34(23-21-32)43-51-36(29-53-42-15-6-7-24-45-42)26-39(52-43)33-18-16-30(28-48)17-19-33/h4-12,15-25,36,39,43,48H,1-3,13-14,26-29,44H2,(H,46,49)(H,47,50). The Morgan fingerprint density at radius 3 is 2.28 bits per heavy atom.